The molecule has 0 N–H and O–H groups in total. The van der Waals surface area contributed by atoms with Crippen LogP contribution in [0.3, 0.4) is 0 Å². The number of carbonyl (C=O) groups is 1. The van der Waals surface area contributed by atoms with Gasteiger partial charge in [-0.3, -0.25) is 4.79 Å². The predicted molar refractivity (Wildman–Crippen MR) is 71.8 cm³/mol. The van der Waals surface area contributed by atoms with Gasteiger partial charge in [-0.05, 0) is 49.9 Å². The molecular weight excluding hydrogens is 208 g/mol. The third kappa shape index (κ3) is 1.88. The molecule has 0 spiro atoms. The van der Waals surface area contributed by atoms with Crippen molar-refractivity contribution < 1.29 is 4.79 Å². The Morgan fingerprint density at radius 3 is 2.59 bits per heavy atom. The molecule has 2 aliphatic rings. The number of Topliss-reactive ketones (excluding diaryl/α,β-unsaturated/α-hetero) is 1. The van der Waals surface area contributed by atoms with Gasteiger partial charge >= 0.3 is 0 Å². The van der Waals surface area contributed by atoms with Gasteiger partial charge in [-0.25, -0.2) is 0 Å². The Balaban J connectivity index is 2.41. The first kappa shape index (κ1) is 12.9. The molecule has 0 bridgehead atoms. The fourth-order valence-electron chi connectivity index (χ4n) is 4.15. The fourth-order valence-corrected chi connectivity index (χ4v) is 4.15. The first-order chi connectivity index (χ1) is 7.79. The SMILES string of the molecule is CC(=O)C1(C)CC=C2CCCC(C)(C)C2C1C. The van der Waals surface area contributed by atoms with Gasteiger partial charge in [0, 0.05) is 5.41 Å². The summed E-state index contributed by atoms with van der Waals surface area (Å²) >= 11 is 0. The lowest BCUT2D eigenvalue weighted by Gasteiger charge is -2.52. The molecule has 0 amide bonds. The van der Waals surface area contributed by atoms with Gasteiger partial charge in [0.25, 0.3) is 0 Å². The third-order valence-corrected chi connectivity index (χ3v) is 5.63. The molecule has 1 fully saturated rings. The van der Waals surface area contributed by atoms with Crippen LogP contribution >= 0.6 is 0 Å². The summed E-state index contributed by atoms with van der Waals surface area (Å²) in [6, 6.07) is 0. The molecule has 1 saturated carbocycles. The number of rotatable bonds is 1. The second kappa shape index (κ2) is 3.96. The van der Waals surface area contributed by atoms with Crippen LogP contribution in [0.25, 0.3) is 0 Å². The molecule has 2 aliphatic carbocycles. The summed E-state index contributed by atoms with van der Waals surface area (Å²) in [7, 11) is 0. The van der Waals surface area contributed by atoms with Crippen LogP contribution in [0, 0.1) is 22.7 Å². The normalized spacial score (nSPS) is 40.4. The van der Waals surface area contributed by atoms with Crippen LogP contribution in [0.2, 0.25) is 0 Å². The van der Waals surface area contributed by atoms with Crippen molar-refractivity contribution in [2.24, 2.45) is 22.7 Å². The van der Waals surface area contributed by atoms with Crippen molar-refractivity contribution in [3.05, 3.63) is 11.6 Å². The minimum absolute atomic E-state index is 0.136. The summed E-state index contributed by atoms with van der Waals surface area (Å²) in [5.41, 5.74) is 1.86. The number of carbonyl (C=O) groups excluding carboxylic acids is 1. The van der Waals surface area contributed by atoms with E-state index in [0.717, 1.165) is 6.42 Å². The number of ketones is 1. The quantitative estimate of drug-likeness (QED) is 0.616. The maximum Gasteiger partial charge on any atom is 0.136 e. The molecule has 3 unspecified atom stereocenters. The Morgan fingerprint density at radius 1 is 1.35 bits per heavy atom. The molecule has 3 atom stereocenters. The van der Waals surface area contributed by atoms with E-state index in [9.17, 15) is 4.79 Å². The molecule has 2 rings (SSSR count). The smallest absolute Gasteiger partial charge is 0.136 e. The largest absolute Gasteiger partial charge is 0.299 e. The van der Waals surface area contributed by atoms with Gasteiger partial charge in [0.2, 0.25) is 0 Å². The first-order valence-electron chi connectivity index (χ1n) is 6.99. The highest BCUT2D eigenvalue weighted by Gasteiger charge is 2.49. The lowest BCUT2D eigenvalue weighted by Crippen LogP contribution is -2.46. The van der Waals surface area contributed by atoms with Crippen LogP contribution in [0.5, 0.6) is 0 Å². The molecule has 96 valence electrons. The Labute approximate surface area is 106 Å². The van der Waals surface area contributed by atoms with Gasteiger partial charge in [-0.15, -0.1) is 0 Å². The molecule has 0 saturated heterocycles. The first-order valence-corrected chi connectivity index (χ1v) is 6.99. The zero-order valence-electron chi connectivity index (χ0n) is 12.0. The minimum Gasteiger partial charge on any atom is -0.299 e. The van der Waals surface area contributed by atoms with Crippen LogP contribution in [0.1, 0.15) is 60.3 Å². The van der Waals surface area contributed by atoms with Crippen molar-refractivity contribution in [2.75, 3.05) is 0 Å². The van der Waals surface area contributed by atoms with Gasteiger partial charge in [-0.1, -0.05) is 39.3 Å². The second-order valence-electron chi connectivity index (χ2n) is 7.07. The van der Waals surface area contributed by atoms with Gasteiger partial charge in [0.05, 0.1) is 0 Å². The van der Waals surface area contributed by atoms with E-state index >= 15 is 0 Å². The summed E-state index contributed by atoms with van der Waals surface area (Å²) in [5.74, 6) is 1.45. The van der Waals surface area contributed by atoms with Crippen molar-refractivity contribution in [3.63, 3.8) is 0 Å². The average Bonchev–Trinajstić information content (AvgIpc) is 2.22. The zero-order valence-corrected chi connectivity index (χ0v) is 12.0. The Hall–Kier alpha value is -0.590. The highest BCUT2D eigenvalue weighted by atomic mass is 16.1. The van der Waals surface area contributed by atoms with E-state index in [2.05, 4.69) is 33.8 Å². The molecule has 0 aromatic carbocycles. The van der Waals surface area contributed by atoms with Crippen LogP contribution < -0.4 is 0 Å². The van der Waals surface area contributed by atoms with E-state index < -0.39 is 0 Å². The third-order valence-electron chi connectivity index (χ3n) is 5.63. The molecule has 0 heterocycles. The van der Waals surface area contributed by atoms with Crippen LogP contribution in [-0.4, -0.2) is 5.78 Å². The van der Waals surface area contributed by atoms with E-state index in [4.69, 9.17) is 0 Å². The molecule has 0 radical (unpaired) electrons. The molecule has 0 aliphatic heterocycles. The van der Waals surface area contributed by atoms with E-state index in [1.807, 2.05) is 0 Å². The summed E-state index contributed by atoms with van der Waals surface area (Å²) in [6.45, 7) is 11.0. The van der Waals surface area contributed by atoms with E-state index in [1.165, 1.54) is 19.3 Å². The minimum atomic E-state index is -0.136. The van der Waals surface area contributed by atoms with Crippen molar-refractivity contribution >= 4 is 5.78 Å². The molecule has 1 nitrogen and oxygen atoms in total. The Morgan fingerprint density at radius 2 is 2.00 bits per heavy atom. The number of hydrogen-bond acceptors (Lipinski definition) is 1. The number of hydrogen-bond donors (Lipinski definition) is 0. The fraction of sp³-hybridized carbons (Fsp3) is 0.812. The maximum atomic E-state index is 12.0. The van der Waals surface area contributed by atoms with Crippen molar-refractivity contribution in [2.45, 2.75) is 60.3 Å². The van der Waals surface area contributed by atoms with Crippen LogP contribution in [-0.2, 0) is 4.79 Å². The Kier molecular flexibility index (Phi) is 3.00. The lowest BCUT2D eigenvalue weighted by atomic mass is 9.52. The van der Waals surface area contributed by atoms with Crippen molar-refractivity contribution in [1.82, 2.24) is 0 Å². The second-order valence-corrected chi connectivity index (χ2v) is 7.07. The topological polar surface area (TPSA) is 17.1 Å². The number of fused-ring (bicyclic) bond motifs is 1. The summed E-state index contributed by atoms with van der Waals surface area (Å²) in [6.07, 6.45) is 7.21. The van der Waals surface area contributed by atoms with E-state index in [0.29, 0.717) is 23.0 Å². The lowest BCUT2D eigenvalue weighted by molar-refractivity contribution is -0.131. The van der Waals surface area contributed by atoms with Gasteiger partial charge in [-0.2, -0.15) is 0 Å². The summed E-state index contributed by atoms with van der Waals surface area (Å²) in [4.78, 5) is 12.0. The number of allylic oxidation sites excluding steroid dienone is 2. The highest BCUT2D eigenvalue weighted by molar-refractivity contribution is 5.82. The monoisotopic (exact) mass is 234 g/mol. The van der Waals surface area contributed by atoms with E-state index in [1.54, 1.807) is 12.5 Å². The molecular formula is C16H26O. The Bertz CT molecular complexity index is 364. The zero-order chi connectivity index (χ0) is 12.8. The van der Waals surface area contributed by atoms with Crippen LogP contribution in [0.15, 0.2) is 11.6 Å². The standard InChI is InChI=1S/C16H26O/c1-11-14-13(7-6-9-15(14,3)4)8-10-16(11,5)12(2)17/h8,11,14H,6-7,9-10H2,1-5H3. The van der Waals surface area contributed by atoms with Crippen molar-refractivity contribution in [3.8, 4) is 0 Å². The van der Waals surface area contributed by atoms with Crippen LogP contribution in [0.4, 0.5) is 0 Å². The van der Waals surface area contributed by atoms with Gasteiger partial charge in [0.15, 0.2) is 0 Å². The van der Waals surface area contributed by atoms with Crippen molar-refractivity contribution in [1.29, 1.82) is 0 Å². The maximum absolute atomic E-state index is 12.0. The highest BCUT2D eigenvalue weighted by Crippen LogP contribution is 2.55. The molecule has 1 heteroatoms. The van der Waals surface area contributed by atoms with Gasteiger partial charge in [0.1, 0.15) is 5.78 Å². The molecule has 0 aromatic rings. The predicted octanol–water partition coefficient (Wildman–Crippen LogP) is 4.37. The molecule has 17 heavy (non-hydrogen) atoms. The molecule has 0 aromatic heterocycles. The van der Waals surface area contributed by atoms with Gasteiger partial charge < -0.3 is 0 Å². The van der Waals surface area contributed by atoms with E-state index in [-0.39, 0.29) is 5.41 Å². The summed E-state index contributed by atoms with van der Waals surface area (Å²) in [5, 5.41) is 0. The average molecular weight is 234 g/mol. The summed E-state index contributed by atoms with van der Waals surface area (Å²) < 4.78 is 0.